The molecule has 102 valence electrons. The van der Waals surface area contributed by atoms with Crippen molar-refractivity contribution in [3.8, 4) is 0 Å². The number of nitrogens with one attached hydrogen (secondary N) is 2. The highest BCUT2D eigenvalue weighted by Crippen LogP contribution is 2.48. The molecule has 1 atom stereocenters. The van der Waals surface area contributed by atoms with Gasteiger partial charge in [-0.25, -0.2) is 0 Å². The fraction of sp³-hybridized carbons (Fsp3) is 0.533. The van der Waals surface area contributed by atoms with Crippen molar-refractivity contribution in [3.05, 3.63) is 34.9 Å². The van der Waals surface area contributed by atoms with Crippen LogP contribution in [0.2, 0.25) is 5.02 Å². The average molecular weight is 279 g/mol. The van der Waals surface area contributed by atoms with Crippen LogP contribution in [-0.4, -0.2) is 25.5 Å². The van der Waals surface area contributed by atoms with Gasteiger partial charge >= 0.3 is 0 Å². The molecule has 4 heteroatoms. The fourth-order valence-electron chi connectivity index (χ4n) is 2.82. The molecular formula is C15H19ClN2O. The largest absolute Gasteiger partial charge is 0.355 e. The minimum atomic E-state index is 0.132. The molecular weight excluding hydrogens is 260 g/mol. The lowest BCUT2D eigenvalue weighted by Crippen LogP contribution is -2.37. The zero-order valence-corrected chi connectivity index (χ0v) is 11.7. The predicted octanol–water partition coefficient (Wildman–Crippen LogP) is 2.10. The number of benzene rings is 1. The summed E-state index contributed by atoms with van der Waals surface area (Å²) in [5.74, 6) is 0.341. The number of carbonyl (C=O) groups excluding carboxylic acids is 1. The smallest absolute Gasteiger partial charge is 0.224 e. The van der Waals surface area contributed by atoms with Gasteiger partial charge in [0.2, 0.25) is 5.91 Å². The van der Waals surface area contributed by atoms with E-state index in [1.807, 2.05) is 18.2 Å². The van der Waals surface area contributed by atoms with E-state index in [9.17, 15) is 4.79 Å². The molecule has 1 amide bonds. The Bertz CT molecular complexity index is 479. The molecule has 1 aromatic rings. The van der Waals surface area contributed by atoms with Crippen LogP contribution in [0.5, 0.6) is 0 Å². The van der Waals surface area contributed by atoms with Gasteiger partial charge in [-0.1, -0.05) is 23.7 Å². The van der Waals surface area contributed by atoms with E-state index in [1.54, 1.807) is 0 Å². The second-order valence-corrected chi connectivity index (χ2v) is 6.13. The lowest BCUT2D eigenvalue weighted by Gasteiger charge is -2.18. The number of carbonyl (C=O) groups is 1. The summed E-state index contributed by atoms with van der Waals surface area (Å²) in [6.07, 6.45) is 3.23. The van der Waals surface area contributed by atoms with E-state index in [0.29, 0.717) is 0 Å². The Balaban J connectivity index is 1.61. The van der Waals surface area contributed by atoms with Gasteiger partial charge in [-0.3, -0.25) is 4.79 Å². The highest BCUT2D eigenvalue weighted by molar-refractivity contribution is 6.30. The number of hydrogen-bond acceptors (Lipinski definition) is 2. The molecule has 1 aliphatic carbocycles. The molecule has 3 nitrogen and oxygen atoms in total. The minimum Gasteiger partial charge on any atom is -0.355 e. The van der Waals surface area contributed by atoms with Crippen LogP contribution in [0.25, 0.3) is 0 Å². The summed E-state index contributed by atoms with van der Waals surface area (Å²) in [6, 6.07) is 8.02. The Morgan fingerprint density at radius 1 is 1.47 bits per heavy atom. The number of rotatable bonds is 4. The fourth-order valence-corrected chi connectivity index (χ4v) is 3.01. The molecule has 2 aliphatic rings. The first kappa shape index (κ1) is 12.9. The van der Waals surface area contributed by atoms with Crippen LogP contribution in [0.1, 0.15) is 24.8 Å². The predicted molar refractivity (Wildman–Crippen MR) is 76.4 cm³/mol. The van der Waals surface area contributed by atoms with Gasteiger partial charge in [-0.15, -0.1) is 0 Å². The van der Waals surface area contributed by atoms with Gasteiger partial charge in [0.1, 0.15) is 0 Å². The van der Waals surface area contributed by atoms with Crippen LogP contribution in [0.3, 0.4) is 0 Å². The monoisotopic (exact) mass is 278 g/mol. The van der Waals surface area contributed by atoms with Crippen molar-refractivity contribution >= 4 is 17.5 Å². The van der Waals surface area contributed by atoms with Crippen molar-refractivity contribution in [2.24, 2.45) is 5.92 Å². The molecule has 2 fully saturated rings. The van der Waals surface area contributed by atoms with Crippen molar-refractivity contribution in [1.29, 1.82) is 0 Å². The van der Waals surface area contributed by atoms with Crippen LogP contribution in [0, 0.1) is 5.92 Å². The van der Waals surface area contributed by atoms with Crippen LogP contribution in [0.15, 0.2) is 24.3 Å². The van der Waals surface area contributed by atoms with Gasteiger partial charge < -0.3 is 10.6 Å². The summed E-state index contributed by atoms with van der Waals surface area (Å²) >= 11 is 6.05. The van der Waals surface area contributed by atoms with Crippen molar-refractivity contribution in [2.45, 2.75) is 24.7 Å². The first-order chi connectivity index (χ1) is 9.20. The number of halogens is 1. The topological polar surface area (TPSA) is 41.1 Å². The molecule has 0 aromatic heterocycles. The minimum absolute atomic E-state index is 0.132. The molecule has 0 bridgehead atoms. The second kappa shape index (κ2) is 5.14. The highest BCUT2D eigenvalue weighted by atomic mass is 35.5. The lowest BCUT2D eigenvalue weighted by molar-refractivity contribution is -0.124. The number of amides is 1. The molecule has 1 unspecified atom stereocenters. The van der Waals surface area contributed by atoms with Crippen molar-refractivity contribution < 1.29 is 4.79 Å². The maximum atomic E-state index is 12.0. The number of hydrogen-bond donors (Lipinski definition) is 2. The van der Waals surface area contributed by atoms with Crippen LogP contribution < -0.4 is 10.6 Å². The van der Waals surface area contributed by atoms with Gasteiger partial charge in [-0.2, -0.15) is 0 Å². The van der Waals surface area contributed by atoms with Crippen LogP contribution in [0.4, 0.5) is 0 Å². The molecule has 1 heterocycles. The summed E-state index contributed by atoms with van der Waals surface area (Å²) in [5.41, 5.74) is 1.39. The average Bonchev–Trinajstić information content (AvgIpc) is 3.00. The second-order valence-electron chi connectivity index (χ2n) is 5.70. The van der Waals surface area contributed by atoms with E-state index >= 15 is 0 Å². The van der Waals surface area contributed by atoms with Gasteiger partial charge in [0, 0.05) is 23.5 Å². The third-order valence-corrected chi connectivity index (χ3v) is 4.56. The summed E-state index contributed by atoms with van der Waals surface area (Å²) in [5, 5.41) is 7.12. The van der Waals surface area contributed by atoms with Gasteiger partial charge in [-0.05, 0) is 43.5 Å². The highest BCUT2D eigenvalue weighted by Gasteiger charge is 2.44. The summed E-state index contributed by atoms with van der Waals surface area (Å²) < 4.78 is 0. The zero-order chi connectivity index (χ0) is 13.3. The Morgan fingerprint density at radius 3 is 2.95 bits per heavy atom. The van der Waals surface area contributed by atoms with Crippen LogP contribution in [-0.2, 0) is 10.2 Å². The molecule has 1 saturated carbocycles. The summed E-state index contributed by atoms with van der Waals surface area (Å²) in [6.45, 7) is 2.51. The Kier molecular flexibility index (Phi) is 3.50. The van der Waals surface area contributed by atoms with E-state index in [2.05, 4.69) is 16.7 Å². The summed E-state index contributed by atoms with van der Waals surface area (Å²) in [7, 11) is 0. The quantitative estimate of drug-likeness (QED) is 0.886. The molecule has 3 rings (SSSR count). The molecule has 19 heavy (non-hydrogen) atoms. The van der Waals surface area contributed by atoms with E-state index in [4.69, 9.17) is 11.6 Å². The van der Waals surface area contributed by atoms with E-state index in [0.717, 1.165) is 43.9 Å². The molecule has 0 spiro atoms. The Labute approximate surface area is 118 Å². The third-order valence-electron chi connectivity index (χ3n) is 4.32. The molecule has 1 aliphatic heterocycles. The van der Waals surface area contributed by atoms with Gasteiger partial charge in [0.05, 0.1) is 5.92 Å². The standard InChI is InChI=1S/C15H19ClN2O/c16-13-3-1-2-12(8-13)15(5-6-15)10-18-14(19)11-4-7-17-9-11/h1-3,8,11,17H,4-7,9-10H2,(H,18,19). The zero-order valence-electron chi connectivity index (χ0n) is 10.9. The maximum absolute atomic E-state index is 12.0. The van der Waals surface area contributed by atoms with E-state index in [-0.39, 0.29) is 17.2 Å². The molecule has 1 aromatic carbocycles. The summed E-state index contributed by atoms with van der Waals surface area (Å²) in [4.78, 5) is 12.0. The van der Waals surface area contributed by atoms with Crippen molar-refractivity contribution in [1.82, 2.24) is 10.6 Å². The Morgan fingerprint density at radius 2 is 2.32 bits per heavy atom. The van der Waals surface area contributed by atoms with E-state index < -0.39 is 0 Å². The maximum Gasteiger partial charge on any atom is 0.224 e. The van der Waals surface area contributed by atoms with Gasteiger partial charge in [0.25, 0.3) is 0 Å². The van der Waals surface area contributed by atoms with Crippen molar-refractivity contribution in [2.75, 3.05) is 19.6 Å². The first-order valence-corrected chi connectivity index (χ1v) is 7.32. The van der Waals surface area contributed by atoms with Crippen molar-refractivity contribution in [3.63, 3.8) is 0 Å². The normalized spacial score (nSPS) is 24.2. The molecule has 2 N–H and O–H groups in total. The third kappa shape index (κ3) is 2.77. The molecule has 1 saturated heterocycles. The Hall–Kier alpha value is -1.06. The lowest BCUT2D eigenvalue weighted by atomic mass is 9.95. The van der Waals surface area contributed by atoms with Crippen LogP contribution >= 0.6 is 11.6 Å². The first-order valence-electron chi connectivity index (χ1n) is 6.94. The van der Waals surface area contributed by atoms with Gasteiger partial charge in [0.15, 0.2) is 0 Å². The van der Waals surface area contributed by atoms with E-state index in [1.165, 1.54) is 5.56 Å². The molecule has 0 radical (unpaired) electrons. The SMILES string of the molecule is O=C(NCC1(c2cccc(Cl)c2)CC1)C1CCNC1.